The summed E-state index contributed by atoms with van der Waals surface area (Å²) in [5, 5.41) is 12.2. The lowest BCUT2D eigenvalue weighted by Gasteiger charge is -2.23. The minimum atomic E-state index is -3.94. The topological polar surface area (TPSA) is 113 Å². The van der Waals surface area contributed by atoms with Gasteiger partial charge in [0.2, 0.25) is 0 Å². The smallest absolute Gasteiger partial charge is 0.342 e. The van der Waals surface area contributed by atoms with Crippen molar-refractivity contribution in [3.63, 3.8) is 0 Å². The number of aromatic hydroxyl groups is 1. The summed E-state index contributed by atoms with van der Waals surface area (Å²) < 4.78 is 32.5. The number of para-hydroxylation sites is 2. The van der Waals surface area contributed by atoms with Crippen LogP contribution in [-0.2, 0) is 19.6 Å². The third-order valence-corrected chi connectivity index (χ3v) is 6.82. The van der Waals surface area contributed by atoms with E-state index in [4.69, 9.17) is 16.3 Å². The number of phenolic OH excluding ortho intramolecular Hbond substituents is 1. The van der Waals surface area contributed by atoms with Gasteiger partial charge in [-0.3, -0.25) is 9.10 Å². The van der Waals surface area contributed by atoms with Gasteiger partial charge in [0.25, 0.3) is 15.9 Å². The van der Waals surface area contributed by atoms with Gasteiger partial charge >= 0.3 is 5.97 Å². The standard InChI is InChI=1S/C23H21ClN2O6S/c1-2-26(16-8-4-3-5-9-16)33(30,31)17-12-13-19(24)20(14-17)25-22(28)15-32-23(29)18-10-6-7-11-21(18)27/h3-14,27H,2,15H2,1H3,(H,25,28). The number of hydrogen-bond acceptors (Lipinski definition) is 6. The third-order valence-electron chi connectivity index (χ3n) is 4.59. The lowest BCUT2D eigenvalue weighted by Crippen LogP contribution is -2.30. The molecule has 0 atom stereocenters. The van der Waals surface area contributed by atoms with Crippen LogP contribution in [0.15, 0.2) is 77.7 Å². The van der Waals surface area contributed by atoms with E-state index in [1.54, 1.807) is 43.3 Å². The van der Waals surface area contributed by atoms with Crippen LogP contribution >= 0.6 is 11.6 Å². The Morgan fingerprint density at radius 2 is 1.70 bits per heavy atom. The maximum absolute atomic E-state index is 13.2. The number of carbonyl (C=O) groups is 2. The molecule has 1 amide bonds. The molecule has 0 spiro atoms. The van der Waals surface area contributed by atoms with Crippen molar-refractivity contribution >= 4 is 44.9 Å². The Bertz CT molecular complexity index is 1260. The van der Waals surface area contributed by atoms with Crippen LogP contribution in [0.25, 0.3) is 0 Å². The zero-order chi connectivity index (χ0) is 24.0. The Hall–Kier alpha value is -3.56. The van der Waals surface area contributed by atoms with E-state index in [0.717, 1.165) is 0 Å². The number of esters is 1. The van der Waals surface area contributed by atoms with Crippen molar-refractivity contribution < 1.29 is 27.9 Å². The van der Waals surface area contributed by atoms with Gasteiger partial charge in [0.05, 0.1) is 21.3 Å². The number of nitrogens with zero attached hydrogens (tertiary/aromatic N) is 1. The molecule has 0 aromatic heterocycles. The molecule has 3 aromatic carbocycles. The Labute approximate surface area is 196 Å². The van der Waals surface area contributed by atoms with Crippen molar-refractivity contribution in [2.45, 2.75) is 11.8 Å². The largest absolute Gasteiger partial charge is 0.507 e. The van der Waals surface area contributed by atoms with Crippen molar-refractivity contribution in [1.82, 2.24) is 0 Å². The maximum atomic E-state index is 13.2. The fourth-order valence-corrected chi connectivity index (χ4v) is 4.68. The molecule has 0 fully saturated rings. The van der Waals surface area contributed by atoms with E-state index in [1.165, 1.54) is 40.7 Å². The lowest BCUT2D eigenvalue weighted by molar-refractivity contribution is -0.119. The first kappa shape index (κ1) is 24.1. The van der Waals surface area contributed by atoms with Gasteiger partial charge in [-0.05, 0) is 49.4 Å². The van der Waals surface area contributed by atoms with Gasteiger partial charge in [0.1, 0.15) is 11.3 Å². The lowest BCUT2D eigenvalue weighted by atomic mass is 10.2. The molecule has 0 radical (unpaired) electrons. The molecule has 10 heteroatoms. The molecule has 3 aromatic rings. The number of rotatable bonds is 8. The quantitative estimate of drug-likeness (QED) is 0.462. The van der Waals surface area contributed by atoms with Crippen LogP contribution in [0.5, 0.6) is 5.75 Å². The zero-order valence-electron chi connectivity index (χ0n) is 17.6. The summed E-state index contributed by atoms with van der Waals surface area (Å²) in [6, 6.07) is 18.3. The minimum Gasteiger partial charge on any atom is -0.507 e. The molecule has 3 rings (SSSR count). The molecule has 8 nitrogen and oxygen atoms in total. The highest BCUT2D eigenvalue weighted by Gasteiger charge is 2.25. The number of hydrogen-bond donors (Lipinski definition) is 2. The maximum Gasteiger partial charge on any atom is 0.342 e. The predicted molar refractivity (Wildman–Crippen MR) is 125 cm³/mol. The Morgan fingerprint density at radius 1 is 1.03 bits per heavy atom. The Balaban J connectivity index is 1.75. The van der Waals surface area contributed by atoms with Gasteiger partial charge < -0.3 is 15.2 Å². The van der Waals surface area contributed by atoms with Crippen LogP contribution in [0.2, 0.25) is 5.02 Å². The average Bonchev–Trinajstić information content (AvgIpc) is 2.80. The molecule has 33 heavy (non-hydrogen) atoms. The van der Waals surface area contributed by atoms with E-state index in [-0.39, 0.29) is 33.5 Å². The number of sulfonamides is 1. The summed E-state index contributed by atoms with van der Waals surface area (Å²) in [6.07, 6.45) is 0. The number of phenols is 1. The number of anilines is 2. The highest BCUT2D eigenvalue weighted by molar-refractivity contribution is 7.92. The van der Waals surface area contributed by atoms with Gasteiger partial charge in [-0.25, -0.2) is 13.2 Å². The normalized spacial score (nSPS) is 11.0. The molecule has 0 aliphatic heterocycles. The third kappa shape index (κ3) is 5.63. The van der Waals surface area contributed by atoms with Crippen molar-refractivity contribution in [1.29, 1.82) is 0 Å². The van der Waals surface area contributed by atoms with E-state index < -0.39 is 28.5 Å². The summed E-state index contributed by atoms with van der Waals surface area (Å²) in [6.45, 7) is 1.24. The molecule has 0 aliphatic rings. The fourth-order valence-electron chi connectivity index (χ4n) is 3.01. The predicted octanol–water partition coefficient (Wildman–Crippen LogP) is 4.06. The number of amides is 1. The molecule has 0 aliphatic carbocycles. The van der Waals surface area contributed by atoms with Gasteiger partial charge in [-0.2, -0.15) is 0 Å². The van der Waals surface area contributed by atoms with Crippen LogP contribution < -0.4 is 9.62 Å². The number of benzene rings is 3. The van der Waals surface area contributed by atoms with E-state index in [0.29, 0.717) is 5.69 Å². The highest BCUT2D eigenvalue weighted by atomic mass is 35.5. The monoisotopic (exact) mass is 488 g/mol. The molecule has 172 valence electrons. The van der Waals surface area contributed by atoms with Gasteiger partial charge in [-0.1, -0.05) is 41.9 Å². The number of halogens is 1. The van der Waals surface area contributed by atoms with E-state index >= 15 is 0 Å². The molecule has 0 bridgehead atoms. The molecule has 0 unspecified atom stereocenters. The summed E-state index contributed by atoms with van der Waals surface area (Å²) in [4.78, 5) is 24.3. The highest BCUT2D eigenvalue weighted by Crippen LogP contribution is 2.29. The van der Waals surface area contributed by atoms with Crippen LogP contribution in [0.4, 0.5) is 11.4 Å². The number of ether oxygens (including phenoxy) is 1. The minimum absolute atomic E-state index is 0.0467. The second-order valence-electron chi connectivity index (χ2n) is 6.79. The van der Waals surface area contributed by atoms with E-state index in [1.807, 2.05) is 0 Å². The molecular formula is C23H21ClN2O6S. The molecule has 0 saturated heterocycles. The van der Waals surface area contributed by atoms with Crippen molar-refractivity contribution in [2.24, 2.45) is 0 Å². The summed E-state index contributed by atoms with van der Waals surface area (Å²) >= 11 is 6.14. The van der Waals surface area contributed by atoms with Crippen molar-refractivity contribution in [3.8, 4) is 5.75 Å². The van der Waals surface area contributed by atoms with Crippen LogP contribution in [-0.4, -0.2) is 38.6 Å². The van der Waals surface area contributed by atoms with Gasteiger partial charge in [0.15, 0.2) is 6.61 Å². The van der Waals surface area contributed by atoms with Gasteiger partial charge in [0, 0.05) is 6.54 Å². The van der Waals surface area contributed by atoms with Crippen molar-refractivity contribution in [3.05, 3.63) is 83.4 Å². The average molecular weight is 489 g/mol. The summed E-state index contributed by atoms with van der Waals surface area (Å²) in [5.41, 5.74) is 0.457. The summed E-state index contributed by atoms with van der Waals surface area (Å²) in [7, 11) is -3.94. The van der Waals surface area contributed by atoms with Crippen LogP contribution in [0.1, 0.15) is 17.3 Å². The summed E-state index contributed by atoms with van der Waals surface area (Å²) in [5.74, 6) is -1.89. The Kier molecular flexibility index (Phi) is 7.57. The molecule has 0 saturated carbocycles. The molecular weight excluding hydrogens is 468 g/mol. The fraction of sp³-hybridized carbons (Fsp3) is 0.130. The van der Waals surface area contributed by atoms with Crippen LogP contribution in [0, 0.1) is 0 Å². The first-order valence-electron chi connectivity index (χ1n) is 9.86. The SMILES string of the molecule is CCN(c1ccccc1)S(=O)(=O)c1ccc(Cl)c(NC(=O)COC(=O)c2ccccc2O)c1. The molecule has 0 heterocycles. The zero-order valence-corrected chi connectivity index (χ0v) is 19.1. The van der Waals surface area contributed by atoms with E-state index in [9.17, 15) is 23.1 Å². The van der Waals surface area contributed by atoms with E-state index in [2.05, 4.69) is 5.32 Å². The van der Waals surface area contributed by atoms with Crippen molar-refractivity contribution in [2.75, 3.05) is 22.8 Å². The first-order valence-corrected chi connectivity index (χ1v) is 11.7. The second-order valence-corrected chi connectivity index (χ2v) is 9.06. The second kappa shape index (κ2) is 10.4. The van der Waals surface area contributed by atoms with Crippen LogP contribution in [0.3, 0.4) is 0 Å². The first-order chi connectivity index (χ1) is 15.7. The number of nitrogens with one attached hydrogen (secondary N) is 1. The molecule has 2 N–H and O–H groups in total. The Morgan fingerprint density at radius 3 is 2.36 bits per heavy atom. The van der Waals surface area contributed by atoms with Gasteiger partial charge in [-0.15, -0.1) is 0 Å². The number of carbonyl (C=O) groups excluding carboxylic acids is 2.